The first-order valence-electron chi connectivity index (χ1n) is 8.68. The lowest BCUT2D eigenvalue weighted by atomic mass is 9.99. The van der Waals surface area contributed by atoms with Gasteiger partial charge in [0.15, 0.2) is 0 Å². The summed E-state index contributed by atoms with van der Waals surface area (Å²) in [5.41, 5.74) is -2.20. The number of amides is 1. The van der Waals surface area contributed by atoms with Crippen LogP contribution in [0.1, 0.15) is 11.4 Å². The highest BCUT2D eigenvalue weighted by Crippen LogP contribution is 2.44. The molecule has 2 aromatic carbocycles. The lowest BCUT2D eigenvalue weighted by Crippen LogP contribution is -2.45. The number of benzene rings is 2. The van der Waals surface area contributed by atoms with Crippen molar-refractivity contribution in [2.75, 3.05) is 5.32 Å². The van der Waals surface area contributed by atoms with Crippen LogP contribution in [0.4, 0.5) is 18.9 Å². The molecule has 0 spiro atoms. The molecule has 2 N–H and O–H groups in total. The fourth-order valence-corrected chi connectivity index (χ4v) is 3.88. The normalized spacial score (nSPS) is 13.9. The van der Waals surface area contributed by atoms with Crippen LogP contribution < -0.4 is 5.32 Å². The van der Waals surface area contributed by atoms with E-state index in [0.717, 1.165) is 0 Å². The van der Waals surface area contributed by atoms with Crippen molar-refractivity contribution in [3.8, 4) is 5.69 Å². The highest BCUT2D eigenvalue weighted by atomic mass is 32.1. The Morgan fingerprint density at radius 3 is 2.37 bits per heavy atom. The van der Waals surface area contributed by atoms with Gasteiger partial charge in [-0.25, -0.2) is 4.98 Å². The molecular formula is C19H14F3N5O2S. The van der Waals surface area contributed by atoms with E-state index in [1.54, 1.807) is 36.4 Å². The molecule has 11 heteroatoms. The summed E-state index contributed by atoms with van der Waals surface area (Å²) in [5, 5.41) is 20.2. The number of rotatable bonds is 5. The van der Waals surface area contributed by atoms with Crippen molar-refractivity contribution in [1.29, 1.82) is 0 Å². The van der Waals surface area contributed by atoms with E-state index < -0.39 is 29.1 Å². The Balaban J connectivity index is 1.55. The van der Waals surface area contributed by atoms with Gasteiger partial charge in [-0.15, -0.1) is 11.3 Å². The van der Waals surface area contributed by atoms with Crippen LogP contribution >= 0.6 is 11.3 Å². The van der Waals surface area contributed by atoms with Gasteiger partial charge < -0.3 is 10.4 Å². The van der Waals surface area contributed by atoms with Gasteiger partial charge in [-0.2, -0.15) is 28.2 Å². The second kappa shape index (κ2) is 7.50. The first kappa shape index (κ1) is 20.0. The topological polar surface area (TPSA) is 92.9 Å². The van der Waals surface area contributed by atoms with E-state index in [-0.39, 0.29) is 5.69 Å². The predicted octanol–water partition coefficient (Wildman–Crippen LogP) is 3.66. The molecule has 4 rings (SSSR count). The van der Waals surface area contributed by atoms with Crippen LogP contribution in [0.3, 0.4) is 0 Å². The van der Waals surface area contributed by atoms with Gasteiger partial charge in [-0.3, -0.25) is 4.79 Å². The van der Waals surface area contributed by atoms with Crippen LogP contribution in [-0.2, 0) is 10.4 Å². The highest BCUT2D eigenvalue weighted by Gasteiger charge is 2.58. The molecule has 0 aliphatic rings. The SMILES string of the molecule is O=C(CC(O)(c1nc2ccccc2s1)C(F)(F)F)Nc1ccc(-n2nccn2)cc1. The number of hydrogen-bond donors (Lipinski definition) is 2. The number of thiazole rings is 1. The molecule has 0 fully saturated rings. The third-order valence-electron chi connectivity index (χ3n) is 4.33. The van der Waals surface area contributed by atoms with Crippen molar-refractivity contribution in [3.05, 3.63) is 65.9 Å². The molecule has 1 atom stereocenters. The van der Waals surface area contributed by atoms with E-state index >= 15 is 0 Å². The van der Waals surface area contributed by atoms with Crippen molar-refractivity contribution in [3.63, 3.8) is 0 Å². The largest absolute Gasteiger partial charge is 0.424 e. The van der Waals surface area contributed by atoms with Crippen molar-refractivity contribution in [2.24, 2.45) is 0 Å². The van der Waals surface area contributed by atoms with Crippen LogP contribution in [0.5, 0.6) is 0 Å². The van der Waals surface area contributed by atoms with Crippen LogP contribution in [0.2, 0.25) is 0 Å². The summed E-state index contributed by atoms with van der Waals surface area (Å²) >= 11 is 0.702. The molecule has 30 heavy (non-hydrogen) atoms. The fourth-order valence-electron chi connectivity index (χ4n) is 2.81. The van der Waals surface area contributed by atoms with E-state index in [2.05, 4.69) is 20.5 Å². The maximum atomic E-state index is 13.7. The summed E-state index contributed by atoms with van der Waals surface area (Å²) in [6, 6.07) is 12.6. The zero-order chi connectivity index (χ0) is 21.4. The second-order valence-corrected chi connectivity index (χ2v) is 7.47. The van der Waals surface area contributed by atoms with Gasteiger partial charge >= 0.3 is 6.18 Å². The number of fused-ring (bicyclic) bond motifs is 1. The summed E-state index contributed by atoms with van der Waals surface area (Å²) < 4.78 is 41.7. The molecule has 7 nitrogen and oxygen atoms in total. The first-order chi connectivity index (χ1) is 14.3. The molecular weight excluding hydrogens is 419 g/mol. The number of carbonyl (C=O) groups is 1. The van der Waals surface area contributed by atoms with Gasteiger partial charge in [0.05, 0.1) is 34.7 Å². The molecule has 4 aromatic rings. The number of nitrogens with one attached hydrogen (secondary N) is 1. The van der Waals surface area contributed by atoms with Gasteiger partial charge in [0, 0.05) is 5.69 Å². The van der Waals surface area contributed by atoms with E-state index in [0.29, 0.717) is 27.2 Å². The Morgan fingerprint density at radius 1 is 1.07 bits per heavy atom. The summed E-state index contributed by atoms with van der Waals surface area (Å²) in [7, 11) is 0. The molecule has 2 heterocycles. The lowest BCUT2D eigenvalue weighted by Gasteiger charge is -2.27. The van der Waals surface area contributed by atoms with Crippen LogP contribution in [0.25, 0.3) is 15.9 Å². The maximum absolute atomic E-state index is 13.7. The van der Waals surface area contributed by atoms with Gasteiger partial charge in [-0.1, -0.05) is 12.1 Å². The van der Waals surface area contributed by atoms with E-state index in [4.69, 9.17) is 0 Å². The van der Waals surface area contributed by atoms with Crippen molar-refractivity contribution in [1.82, 2.24) is 20.0 Å². The Hall–Kier alpha value is -3.31. The molecule has 0 aliphatic heterocycles. The van der Waals surface area contributed by atoms with Crippen molar-refractivity contribution < 1.29 is 23.1 Å². The molecule has 1 amide bonds. The van der Waals surface area contributed by atoms with Crippen LogP contribution in [-0.4, -0.2) is 37.2 Å². The van der Waals surface area contributed by atoms with Gasteiger partial charge in [0.1, 0.15) is 5.01 Å². The Morgan fingerprint density at radius 2 is 1.73 bits per heavy atom. The van der Waals surface area contributed by atoms with Gasteiger partial charge in [0.2, 0.25) is 11.5 Å². The smallest absolute Gasteiger partial charge is 0.374 e. The third-order valence-corrected chi connectivity index (χ3v) is 5.52. The number of anilines is 1. The zero-order valence-electron chi connectivity index (χ0n) is 15.2. The molecule has 154 valence electrons. The van der Waals surface area contributed by atoms with E-state index in [1.807, 2.05) is 0 Å². The number of hydrogen-bond acceptors (Lipinski definition) is 6. The quantitative estimate of drug-likeness (QED) is 0.501. The molecule has 0 radical (unpaired) electrons. The van der Waals surface area contributed by atoms with Crippen LogP contribution in [0.15, 0.2) is 60.9 Å². The molecule has 2 aromatic heterocycles. The minimum atomic E-state index is -5.09. The number of carbonyl (C=O) groups excluding carboxylic acids is 1. The molecule has 0 aliphatic carbocycles. The van der Waals surface area contributed by atoms with E-state index in [1.165, 1.54) is 29.3 Å². The van der Waals surface area contributed by atoms with E-state index in [9.17, 15) is 23.1 Å². The monoisotopic (exact) mass is 433 g/mol. The van der Waals surface area contributed by atoms with Crippen molar-refractivity contribution >= 4 is 33.1 Å². The third kappa shape index (κ3) is 3.76. The highest BCUT2D eigenvalue weighted by molar-refractivity contribution is 7.18. The lowest BCUT2D eigenvalue weighted by molar-refractivity contribution is -0.266. The Kier molecular flexibility index (Phi) is 5.00. The Labute approximate surface area is 171 Å². The number of alkyl halides is 3. The van der Waals surface area contributed by atoms with Crippen molar-refractivity contribution in [2.45, 2.75) is 18.2 Å². The number of aromatic nitrogens is 4. The number of para-hydroxylation sites is 1. The molecule has 0 saturated heterocycles. The molecule has 1 unspecified atom stereocenters. The number of aliphatic hydroxyl groups is 1. The zero-order valence-corrected chi connectivity index (χ0v) is 16.0. The van der Waals surface area contributed by atoms with Crippen LogP contribution in [0, 0.1) is 0 Å². The Bertz CT molecular complexity index is 1140. The first-order valence-corrected chi connectivity index (χ1v) is 9.50. The maximum Gasteiger partial charge on any atom is 0.424 e. The summed E-state index contributed by atoms with van der Waals surface area (Å²) in [6.07, 6.45) is -3.32. The average molecular weight is 433 g/mol. The predicted molar refractivity (Wildman–Crippen MR) is 104 cm³/mol. The fraction of sp³-hybridized carbons (Fsp3) is 0.158. The summed E-state index contributed by atoms with van der Waals surface area (Å²) in [4.78, 5) is 17.6. The number of nitrogens with zero attached hydrogens (tertiary/aromatic N) is 4. The molecule has 0 saturated carbocycles. The minimum Gasteiger partial charge on any atom is -0.374 e. The average Bonchev–Trinajstić information content (AvgIpc) is 3.37. The van der Waals surface area contributed by atoms with Gasteiger partial charge in [-0.05, 0) is 36.4 Å². The van der Waals surface area contributed by atoms with Gasteiger partial charge in [0.25, 0.3) is 0 Å². The minimum absolute atomic E-state index is 0.268. The molecule has 0 bridgehead atoms. The summed E-state index contributed by atoms with van der Waals surface area (Å²) in [6.45, 7) is 0. The second-order valence-electron chi connectivity index (χ2n) is 6.44. The standard InChI is InChI=1S/C19H14F3N5O2S/c20-19(21,22)18(29,17-26-14-3-1-2-4-15(14)30-17)11-16(28)25-12-5-7-13(8-6-12)27-23-9-10-24-27/h1-10,29H,11H2,(H,25,28). The summed E-state index contributed by atoms with van der Waals surface area (Å²) in [5.74, 6) is -1.00. The number of halogens is 3.